The molecule has 1 aromatic heterocycles. The Morgan fingerprint density at radius 3 is 2.21 bits per heavy atom. The number of furan rings is 1. The Morgan fingerprint density at radius 2 is 1.55 bits per heavy atom. The number of methoxy groups -OCH3 is 1. The lowest BCUT2D eigenvalue weighted by Gasteiger charge is -2.21. The third kappa shape index (κ3) is 8.36. The molecule has 0 saturated heterocycles. The molecule has 0 atom stereocenters. The first-order valence-corrected chi connectivity index (χ1v) is 15.7. The predicted molar refractivity (Wildman–Crippen MR) is 157 cm³/mol. The summed E-state index contributed by atoms with van der Waals surface area (Å²) in [5, 5.41) is 3.87. The van der Waals surface area contributed by atoms with E-state index in [1.807, 2.05) is 30.3 Å². The molecule has 0 spiro atoms. The number of nitrogens with one attached hydrogen (secondary N) is 2. The van der Waals surface area contributed by atoms with E-state index >= 15 is 0 Å². The number of nitrogens with zero attached hydrogens (tertiary/aromatic N) is 2. The number of hydrogen-bond donors (Lipinski definition) is 2. The van der Waals surface area contributed by atoms with E-state index in [-0.39, 0.29) is 28.6 Å². The Labute approximate surface area is 244 Å². The van der Waals surface area contributed by atoms with E-state index in [1.54, 1.807) is 30.3 Å². The second-order valence-electron chi connectivity index (χ2n) is 8.98. The van der Waals surface area contributed by atoms with E-state index in [9.17, 15) is 21.6 Å². The molecule has 0 bridgehead atoms. The zero-order valence-corrected chi connectivity index (χ0v) is 24.3. The first-order valence-electron chi connectivity index (χ1n) is 12.8. The summed E-state index contributed by atoms with van der Waals surface area (Å²) in [6.45, 7) is -0.490. The van der Waals surface area contributed by atoms with Crippen molar-refractivity contribution in [2.45, 2.75) is 22.8 Å². The van der Waals surface area contributed by atoms with Gasteiger partial charge in [0.15, 0.2) is 0 Å². The lowest BCUT2D eigenvalue weighted by molar-refractivity contribution is -0.121. The van der Waals surface area contributed by atoms with Gasteiger partial charge in [-0.3, -0.25) is 4.79 Å². The summed E-state index contributed by atoms with van der Waals surface area (Å²) < 4.78 is 65.8. The van der Waals surface area contributed by atoms with Gasteiger partial charge in [0.05, 0.1) is 36.2 Å². The fourth-order valence-corrected chi connectivity index (χ4v) is 6.26. The van der Waals surface area contributed by atoms with Crippen molar-refractivity contribution in [1.82, 2.24) is 14.5 Å². The molecule has 0 radical (unpaired) electrons. The van der Waals surface area contributed by atoms with Crippen LogP contribution < -0.4 is 14.9 Å². The SMILES string of the molecule is COc1ccc(S(=O)(=O)N(CCc2ccccc2)CC(=O)N/N=C\c2ccc(CNS(=O)(=O)c3ccccc3)o2)cc1. The molecule has 0 aliphatic carbocycles. The van der Waals surface area contributed by atoms with Crippen LogP contribution in [0.4, 0.5) is 0 Å². The molecule has 0 aliphatic rings. The van der Waals surface area contributed by atoms with Gasteiger partial charge >= 0.3 is 0 Å². The smallest absolute Gasteiger partial charge is 0.255 e. The number of hydrazone groups is 1. The van der Waals surface area contributed by atoms with Crippen molar-refractivity contribution in [1.29, 1.82) is 0 Å². The Kier molecular flexibility index (Phi) is 10.3. The van der Waals surface area contributed by atoms with Crippen molar-refractivity contribution < 1.29 is 30.8 Å². The third-order valence-corrected chi connectivity index (χ3v) is 9.34. The monoisotopic (exact) mass is 610 g/mol. The number of carbonyl (C=O) groups excluding carboxylic acids is 1. The molecule has 0 unspecified atom stereocenters. The van der Waals surface area contributed by atoms with E-state index < -0.39 is 32.5 Å². The minimum atomic E-state index is -4.01. The first kappa shape index (κ1) is 30.7. The molecule has 0 aliphatic heterocycles. The van der Waals surface area contributed by atoms with E-state index in [1.165, 1.54) is 49.7 Å². The van der Waals surface area contributed by atoms with Gasteiger partial charge < -0.3 is 9.15 Å². The highest BCUT2D eigenvalue weighted by atomic mass is 32.2. The standard InChI is InChI=1S/C29H30N4O7S2/c1-39-24-14-16-28(17-15-24)42(37,38)33(19-18-23-8-4-2-5-9-23)22-29(34)32-30-20-25-12-13-26(40-25)21-31-41(35,36)27-10-6-3-7-11-27/h2-17,20,31H,18-19,21-22H2,1H3,(H,32,34)/b30-20-. The Morgan fingerprint density at radius 1 is 0.881 bits per heavy atom. The Balaban J connectivity index is 1.37. The van der Waals surface area contributed by atoms with Crippen molar-refractivity contribution in [2.24, 2.45) is 5.10 Å². The van der Waals surface area contributed by atoms with E-state index in [0.717, 1.165) is 9.87 Å². The highest BCUT2D eigenvalue weighted by Crippen LogP contribution is 2.20. The summed E-state index contributed by atoms with van der Waals surface area (Å²) in [5.74, 6) is 0.446. The average Bonchev–Trinajstić information content (AvgIpc) is 3.47. The third-order valence-electron chi connectivity index (χ3n) is 6.06. The molecular weight excluding hydrogens is 580 g/mol. The fraction of sp³-hybridized carbons (Fsp3) is 0.172. The van der Waals surface area contributed by atoms with Gasteiger partial charge in [-0.15, -0.1) is 0 Å². The number of sulfonamides is 2. The zero-order chi connectivity index (χ0) is 30.0. The largest absolute Gasteiger partial charge is 0.497 e. The van der Waals surface area contributed by atoms with Gasteiger partial charge in [-0.05, 0) is 60.5 Å². The van der Waals surface area contributed by atoms with Crippen LogP contribution in [-0.4, -0.2) is 53.5 Å². The van der Waals surface area contributed by atoms with E-state index in [4.69, 9.17) is 9.15 Å². The number of carbonyl (C=O) groups is 1. The van der Waals surface area contributed by atoms with Crippen LogP contribution in [0.25, 0.3) is 0 Å². The minimum Gasteiger partial charge on any atom is -0.497 e. The fourth-order valence-electron chi connectivity index (χ4n) is 3.85. The predicted octanol–water partition coefficient (Wildman–Crippen LogP) is 3.15. The molecule has 11 nitrogen and oxygen atoms in total. The van der Waals surface area contributed by atoms with Crippen molar-refractivity contribution in [3.05, 3.63) is 114 Å². The Bertz CT molecular complexity index is 1710. The number of amides is 1. The quantitative estimate of drug-likeness (QED) is 0.165. The lowest BCUT2D eigenvalue weighted by atomic mass is 10.1. The normalized spacial score (nSPS) is 12.0. The molecule has 2 N–H and O–H groups in total. The Hall–Kier alpha value is -4.30. The zero-order valence-electron chi connectivity index (χ0n) is 22.7. The second-order valence-corrected chi connectivity index (χ2v) is 12.7. The molecule has 13 heteroatoms. The molecule has 4 rings (SSSR count). The molecule has 0 saturated carbocycles. The summed E-state index contributed by atoms with van der Waals surface area (Å²) >= 11 is 0. The van der Waals surface area contributed by atoms with Crippen LogP contribution in [0.5, 0.6) is 5.75 Å². The topological polar surface area (TPSA) is 147 Å². The van der Waals surface area contributed by atoms with Gasteiger partial charge in [-0.25, -0.2) is 27.0 Å². The van der Waals surface area contributed by atoms with Crippen LogP contribution in [0.1, 0.15) is 17.1 Å². The first-order chi connectivity index (χ1) is 20.2. The van der Waals surface area contributed by atoms with Crippen molar-refractivity contribution in [3.8, 4) is 5.75 Å². The molecule has 3 aromatic carbocycles. The number of hydrogen-bond acceptors (Lipinski definition) is 8. The minimum absolute atomic E-state index is 0.0265. The molecule has 4 aromatic rings. The second kappa shape index (κ2) is 14.0. The number of rotatable bonds is 14. The molecule has 42 heavy (non-hydrogen) atoms. The average molecular weight is 611 g/mol. The molecule has 1 heterocycles. The lowest BCUT2D eigenvalue weighted by Crippen LogP contribution is -2.40. The molecule has 0 fully saturated rings. The van der Waals surface area contributed by atoms with Crippen LogP contribution in [0, 0.1) is 0 Å². The maximum atomic E-state index is 13.4. The summed E-state index contributed by atoms with van der Waals surface area (Å²) in [6, 6.07) is 26.3. The van der Waals surface area contributed by atoms with Gasteiger partial charge in [0.1, 0.15) is 17.3 Å². The van der Waals surface area contributed by atoms with Crippen molar-refractivity contribution in [3.63, 3.8) is 0 Å². The maximum Gasteiger partial charge on any atom is 0.255 e. The van der Waals surface area contributed by atoms with Crippen LogP contribution >= 0.6 is 0 Å². The van der Waals surface area contributed by atoms with Crippen molar-refractivity contribution >= 4 is 32.2 Å². The number of ether oxygens (including phenoxy) is 1. The van der Waals surface area contributed by atoms with Crippen molar-refractivity contribution in [2.75, 3.05) is 20.2 Å². The number of benzene rings is 3. The molecule has 1 amide bonds. The van der Waals surface area contributed by atoms with Gasteiger partial charge in [-0.1, -0.05) is 48.5 Å². The molecular formula is C29H30N4O7S2. The highest BCUT2D eigenvalue weighted by Gasteiger charge is 2.26. The van der Waals surface area contributed by atoms with Crippen LogP contribution in [0.3, 0.4) is 0 Å². The van der Waals surface area contributed by atoms with Gasteiger partial charge in [0.2, 0.25) is 20.0 Å². The summed E-state index contributed by atoms with van der Waals surface area (Å²) in [4.78, 5) is 12.9. The molecule has 220 valence electrons. The van der Waals surface area contributed by atoms with Crippen LogP contribution in [0.15, 0.2) is 116 Å². The summed E-state index contributed by atoms with van der Waals surface area (Å²) in [7, 11) is -6.24. The maximum absolute atomic E-state index is 13.4. The van der Waals surface area contributed by atoms with E-state index in [0.29, 0.717) is 17.9 Å². The van der Waals surface area contributed by atoms with Gasteiger partial charge in [-0.2, -0.15) is 9.41 Å². The summed E-state index contributed by atoms with van der Waals surface area (Å²) in [5.41, 5.74) is 3.24. The van der Waals surface area contributed by atoms with Crippen LogP contribution in [0.2, 0.25) is 0 Å². The van der Waals surface area contributed by atoms with E-state index in [2.05, 4.69) is 15.2 Å². The van der Waals surface area contributed by atoms with Gasteiger partial charge in [0, 0.05) is 6.54 Å². The summed E-state index contributed by atoms with van der Waals surface area (Å²) in [6.07, 6.45) is 1.63. The van der Waals surface area contributed by atoms with Gasteiger partial charge in [0.25, 0.3) is 5.91 Å². The van der Waals surface area contributed by atoms with Crippen LogP contribution in [-0.2, 0) is 37.8 Å². The highest BCUT2D eigenvalue weighted by molar-refractivity contribution is 7.89.